The van der Waals surface area contributed by atoms with E-state index >= 15 is 0 Å². The largest absolute Gasteiger partial charge is 0.471 e. The van der Waals surface area contributed by atoms with Crippen molar-refractivity contribution in [1.82, 2.24) is 16.0 Å². The van der Waals surface area contributed by atoms with Crippen molar-refractivity contribution in [3.8, 4) is 0 Å². The Morgan fingerprint density at radius 2 is 1.16 bits per heavy atom. The van der Waals surface area contributed by atoms with Gasteiger partial charge in [-0.3, -0.25) is 24.0 Å². The summed E-state index contributed by atoms with van der Waals surface area (Å²) in [6.07, 6.45) is -23.4. The SMILES string of the molecule is CC(=O)NC1[C@H](OCCCNC(=O)C(F)(F)F)OC(COCc2ccccc2)[C@@H](O[C@@H]2OC(COCc3ccccc3)[C@H](O)[C@H](O[C@H]3OC(COC(C)=O)[C@H](OC(C)=O)[C@H](O)C3NC(C)=O)C2O)[C@@H]1C. The Labute approximate surface area is 401 Å². The van der Waals surface area contributed by atoms with Gasteiger partial charge in [0.1, 0.15) is 55.4 Å². The van der Waals surface area contributed by atoms with Crippen LogP contribution in [0.3, 0.4) is 0 Å². The van der Waals surface area contributed by atoms with E-state index in [0.29, 0.717) is 0 Å². The maximum Gasteiger partial charge on any atom is 0.471 e. The molecule has 390 valence electrons. The second-order valence-electron chi connectivity index (χ2n) is 17.0. The molecule has 0 spiro atoms. The van der Waals surface area contributed by atoms with Gasteiger partial charge in [-0.05, 0) is 17.5 Å². The molecule has 15 atom stereocenters. The number of rotatable bonds is 22. The highest BCUT2D eigenvalue weighted by atomic mass is 19.4. The molecule has 21 nitrogen and oxygen atoms in total. The van der Waals surface area contributed by atoms with Crippen LogP contribution in [0, 0.1) is 5.92 Å². The van der Waals surface area contributed by atoms with Crippen LogP contribution in [0.2, 0.25) is 0 Å². The van der Waals surface area contributed by atoms with Gasteiger partial charge in [0.05, 0.1) is 45.2 Å². The summed E-state index contributed by atoms with van der Waals surface area (Å²) in [4.78, 5) is 60.5. The van der Waals surface area contributed by atoms with Crippen molar-refractivity contribution in [3.05, 3.63) is 71.8 Å². The summed E-state index contributed by atoms with van der Waals surface area (Å²) in [6.45, 7) is 4.72. The minimum Gasteiger partial charge on any atom is -0.463 e. The van der Waals surface area contributed by atoms with Gasteiger partial charge in [-0.15, -0.1) is 0 Å². The number of esters is 2. The Bertz CT molecular complexity index is 1990. The van der Waals surface area contributed by atoms with Gasteiger partial charge in [0.25, 0.3) is 0 Å². The Kier molecular flexibility index (Phi) is 21.3. The summed E-state index contributed by atoms with van der Waals surface area (Å²) in [6, 6.07) is 15.6. The van der Waals surface area contributed by atoms with Crippen molar-refractivity contribution < 1.29 is 99.8 Å². The number of alkyl halides is 3. The molecule has 0 saturated carbocycles. The number of nitrogens with one attached hydrogen (secondary N) is 3. The second kappa shape index (κ2) is 26.5. The van der Waals surface area contributed by atoms with E-state index in [1.807, 2.05) is 48.5 Å². The monoisotopic (exact) mass is 1000 g/mol. The van der Waals surface area contributed by atoms with Gasteiger partial charge in [-0.2, -0.15) is 13.2 Å². The number of halogens is 3. The lowest BCUT2D eigenvalue weighted by molar-refractivity contribution is -0.367. The minimum absolute atomic E-state index is 0.0632. The fourth-order valence-electron chi connectivity index (χ4n) is 8.07. The summed E-state index contributed by atoms with van der Waals surface area (Å²) < 4.78 is 98.4. The normalized spacial score (nSPS) is 31.2. The van der Waals surface area contributed by atoms with E-state index in [1.54, 1.807) is 24.4 Å². The molecule has 3 aliphatic heterocycles. The summed E-state index contributed by atoms with van der Waals surface area (Å²) in [5.41, 5.74) is 1.57. The molecule has 3 amide bonds. The lowest BCUT2D eigenvalue weighted by atomic mass is 9.88. The van der Waals surface area contributed by atoms with Gasteiger partial charge in [-0.1, -0.05) is 67.6 Å². The first kappa shape index (κ1) is 56.1. The highest BCUT2D eigenvalue weighted by Gasteiger charge is 2.55. The molecule has 0 radical (unpaired) electrons. The first-order chi connectivity index (χ1) is 33.2. The number of ether oxygens (including phenoxy) is 10. The first-order valence-electron chi connectivity index (χ1n) is 22.6. The highest BCUT2D eigenvalue weighted by molar-refractivity contribution is 5.81. The summed E-state index contributed by atoms with van der Waals surface area (Å²) in [5, 5.41) is 42.7. The number of carbonyl (C=O) groups excluding carboxylic acids is 5. The molecule has 0 aliphatic carbocycles. The van der Waals surface area contributed by atoms with Crippen LogP contribution >= 0.6 is 0 Å². The highest BCUT2D eigenvalue weighted by Crippen LogP contribution is 2.36. The lowest BCUT2D eigenvalue weighted by Crippen LogP contribution is -2.69. The van der Waals surface area contributed by atoms with E-state index in [9.17, 15) is 52.5 Å². The lowest BCUT2D eigenvalue weighted by Gasteiger charge is -2.50. The van der Waals surface area contributed by atoms with Gasteiger partial charge < -0.3 is 78.6 Å². The zero-order valence-corrected chi connectivity index (χ0v) is 39.2. The quantitative estimate of drug-likeness (QED) is 0.0699. The first-order valence-corrected chi connectivity index (χ1v) is 22.6. The number of hydrogen-bond acceptors (Lipinski definition) is 18. The summed E-state index contributed by atoms with van der Waals surface area (Å²) in [5.74, 6) is -5.68. The number of amides is 3. The third-order valence-electron chi connectivity index (χ3n) is 11.4. The number of carbonyl (C=O) groups is 5. The topological polar surface area (TPSA) is 274 Å². The van der Waals surface area contributed by atoms with Crippen LogP contribution in [0.5, 0.6) is 0 Å². The molecule has 2 aromatic carbocycles. The molecule has 3 heterocycles. The fraction of sp³-hybridized carbons (Fsp3) is 0.630. The van der Waals surface area contributed by atoms with Gasteiger partial charge in [-0.25, -0.2) is 0 Å². The molecule has 3 fully saturated rings. The van der Waals surface area contributed by atoms with Crippen molar-refractivity contribution in [2.24, 2.45) is 5.92 Å². The van der Waals surface area contributed by atoms with Crippen LogP contribution in [0.4, 0.5) is 13.2 Å². The molecule has 5 rings (SSSR count). The Morgan fingerprint density at radius 3 is 1.71 bits per heavy atom. The van der Waals surface area contributed by atoms with E-state index in [2.05, 4.69) is 10.6 Å². The van der Waals surface area contributed by atoms with Crippen LogP contribution in [0.25, 0.3) is 0 Å². The smallest absolute Gasteiger partial charge is 0.463 e. The number of hydrogen-bond donors (Lipinski definition) is 6. The molecular weight excluding hydrogens is 940 g/mol. The number of aliphatic hydroxyl groups is 3. The average Bonchev–Trinajstić information content (AvgIpc) is 3.30. The number of benzene rings is 2. The van der Waals surface area contributed by atoms with Crippen molar-refractivity contribution in [1.29, 1.82) is 0 Å². The van der Waals surface area contributed by atoms with Crippen molar-refractivity contribution in [3.63, 3.8) is 0 Å². The van der Waals surface area contributed by atoms with Crippen LogP contribution in [0.15, 0.2) is 60.7 Å². The maximum atomic E-state index is 12.8. The standard InChI is InChI=1S/C46H62F3N3O18/c1-24-34(51-25(2)53)42(63-18-12-17-50-45(60)46(47,48)49)67-32(22-62-20-30-15-10-7-11-16-30)39(24)69-44-38(59)41(36(57)31(66-44)21-61-19-29-13-8-6-9-14-29)70-43-35(52-26(3)54)37(58)40(65-28(5)56)33(68-43)23-64-27(4)55/h6-11,13-16,24,31-44,57-59H,12,17-23H2,1-5H3,(H,50,60)(H,51,53)(H,52,54)/t24-,31?,32?,33?,34?,35?,36+,37-,38?,39+,40+,41+,42-,43-,44+/m1/s1. The molecule has 70 heavy (non-hydrogen) atoms. The maximum absolute atomic E-state index is 12.8. The van der Waals surface area contributed by atoms with E-state index in [-0.39, 0.29) is 46.0 Å². The predicted octanol–water partition coefficient (Wildman–Crippen LogP) is 0.673. The molecule has 2 aromatic rings. The average molecular weight is 1000 g/mol. The van der Waals surface area contributed by atoms with Crippen molar-refractivity contribution >= 4 is 29.7 Å². The molecule has 0 aromatic heterocycles. The van der Waals surface area contributed by atoms with Crippen LogP contribution in [-0.4, -0.2) is 170 Å². The summed E-state index contributed by atoms with van der Waals surface area (Å²) in [7, 11) is 0. The van der Waals surface area contributed by atoms with Gasteiger partial charge in [0.15, 0.2) is 25.0 Å². The molecular formula is C46H62F3N3O18. The van der Waals surface area contributed by atoms with E-state index in [1.165, 1.54) is 6.92 Å². The van der Waals surface area contributed by atoms with Crippen molar-refractivity contribution in [2.45, 2.75) is 146 Å². The molecule has 24 heteroatoms. The van der Waals surface area contributed by atoms with E-state index in [0.717, 1.165) is 31.9 Å². The molecule has 6 N–H and O–H groups in total. The zero-order valence-electron chi connectivity index (χ0n) is 39.2. The van der Waals surface area contributed by atoms with Gasteiger partial charge >= 0.3 is 24.0 Å². The van der Waals surface area contributed by atoms with E-state index < -0.39 is 134 Å². The summed E-state index contributed by atoms with van der Waals surface area (Å²) >= 11 is 0. The van der Waals surface area contributed by atoms with Crippen molar-refractivity contribution in [2.75, 3.05) is 33.0 Å². The van der Waals surface area contributed by atoms with Gasteiger partial charge in [0.2, 0.25) is 11.8 Å². The van der Waals surface area contributed by atoms with Gasteiger partial charge in [0, 0.05) is 40.2 Å². The number of aliphatic hydroxyl groups excluding tert-OH is 3. The second-order valence-corrected chi connectivity index (χ2v) is 17.0. The predicted molar refractivity (Wildman–Crippen MR) is 232 cm³/mol. The third kappa shape index (κ3) is 16.3. The molecule has 3 saturated heterocycles. The zero-order chi connectivity index (χ0) is 51.1. The van der Waals surface area contributed by atoms with Crippen LogP contribution in [-0.2, 0) is 84.6 Å². The van der Waals surface area contributed by atoms with E-state index in [4.69, 9.17) is 47.4 Å². The third-order valence-corrected chi connectivity index (χ3v) is 11.4. The molecule has 0 bridgehead atoms. The minimum atomic E-state index is -5.08. The Balaban J connectivity index is 1.45. The fourth-order valence-corrected chi connectivity index (χ4v) is 8.07. The van der Waals surface area contributed by atoms with Crippen LogP contribution in [0.1, 0.15) is 52.2 Å². The molecule has 3 aliphatic rings. The molecule has 6 unspecified atom stereocenters. The Hall–Kier alpha value is -4.86. The Morgan fingerprint density at radius 1 is 0.629 bits per heavy atom. The van der Waals surface area contributed by atoms with Crippen LogP contribution < -0.4 is 16.0 Å².